The number of hydrogen-bond donors (Lipinski definition) is 0. The fourth-order valence-electron chi connectivity index (χ4n) is 2.22. The third kappa shape index (κ3) is 2.89. The summed E-state index contributed by atoms with van der Waals surface area (Å²) in [6.07, 6.45) is 0.765. The van der Waals surface area contributed by atoms with Gasteiger partial charge in [0.25, 0.3) is 5.78 Å². The van der Waals surface area contributed by atoms with Gasteiger partial charge in [-0.1, -0.05) is 19.3 Å². The number of hydrogen-bond acceptors (Lipinski definition) is 2. The molecule has 5 heteroatoms. The van der Waals surface area contributed by atoms with Gasteiger partial charge < -0.3 is 0 Å². The molecule has 17 heavy (non-hydrogen) atoms. The van der Waals surface area contributed by atoms with E-state index in [-0.39, 0.29) is 4.88 Å². The highest BCUT2D eigenvalue weighted by Crippen LogP contribution is 2.37. The topological polar surface area (TPSA) is 17.1 Å². The van der Waals surface area contributed by atoms with Gasteiger partial charge in [0.15, 0.2) is 0 Å². The maximum Gasteiger partial charge on any atom is 0.455 e. The van der Waals surface area contributed by atoms with Crippen molar-refractivity contribution in [3.8, 4) is 0 Å². The molecule has 2 rings (SSSR count). The van der Waals surface area contributed by atoms with E-state index in [1.807, 2.05) is 0 Å². The number of alkyl halides is 3. The van der Waals surface area contributed by atoms with Gasteiger partial charge in [0.2, 0.25) is 0 Å². The van der Waals surface area contributed by atoms with Crippen LogP contribution in [0.5, 0.6) is 0 Å². The molecule has 0 radical (unpaired) electrons. The molecule has 0 N–H and O–H groups in total. The van der Waals surface area contributed by atoms with Gasteiger partial charge in [0.1, 0.15) is 0 Å². The molecule has 1 fully saturated rings. The van der Waals surface area contributed by atoms with Crippen molar-refractivity contribution in [3.05, 3.63) is 21.9 Å². The van der Waals surface area contributed by atoms with E-state index in [9.17, 15) is 18.0 Å². The Morgan fingerprint density at radius 2 is 1.82 bits per heavy atom. The first-order valence-corrected chi connectivity index (χ1v) is 6.51. The normalized spacial score (nSPS) is 18.3. The molecule has 1 nitrogen and oxygen atoms in total. The van der Waals surface area contributed by atoms with Crippen molar-refractivity contribution in [2.45, 2.75) is 44.2 Å². The third-order valence-corrected chi connectivity index (χ3v) is 4.36. The Hall–Kier alpha value is -0.840. The molecule has 1 heterocycles. The van der Waals surface area contributed by atoms with E-state index in [1.165, 1.54) is 12.5 Å². The number of carbonyl (C=O) groups is 1. The van der Waals surface area contributed by atoms with Gasteiger partial charge in [-0.3, -0.25) is 4.79 Å². The van der Waals surface area contributed by atoms with Gasteiger partial charge in [-0.2, -0.15) is 13.2 Å². The summed E-state index contributed by atoms with van der Waals surface area (Å²) in [5, 5.41) is 0. The highest BCUT2D eigenvalue weighted by Gasteiger charge is 2.40. The Kier molecular flexibility index (Phi) is 3.56. The summed E-state index contributed by atoms with van der Waals surface area (Å²) < 4.78 is 36.7. The zero-order chi connectivity index (χ0) is 12.5. The van der Waals surface area contributed by atoms with Crippen LogP contribution in [0.15, 0.2) is 12.1 Å². The maximum atomic E-state index is 12.2. The predicted octanol–water partition coefficient (Wildman–Crippen LogP) is 4.54. The minimum absolute atomic E-state index is 0.182. The van der Waals surface area contributed by atoms with Crippen molar-refractivity contribution in [2.24, 2.45) is 0 Å². The molecular weight excluding hydrogens is 249 g/mol. The summed E-state index contributed by atoms with van der Waals surface area (Å²) in [6.45, 7) is 0. The van der Waals surface area contributed by atoms with Crippen LogP contribution < -0.4 is 0 Å². The van der Waals surface area contributed by atoms with E-state index in [0.717, 1.165) is 41.9 Å². The first kappa shape index (κ1) is 12.6. The standard InChI is InChI=1S/C12H13F3OS/c13-12(14,15)11(16)10-7-6-9(17-10)8-4-2-1-3-5-8/h6-8H,1-5H2. The maximum absolute atomic E-state index is 12.2. The van der Waals surface area contributed by atoms with Gasteiger partial charge in [0, 0.05) is 4.88 Å². The van der Waals surface area contributed by atoms with E-state index >= 15 is 0 Å². The average Bonchev–Trinajstić information content (AvgIpc) is 2.77. The number of thiophene rings is 1. The van der Waals surface area contributed by atoms with Crippen LogP contribution in [-0.4, -0.2) is 12.0 Å². The lowest BCUT2D eigenvalue weighted by Gasteiger charge is -2.19. The number of rotatable bonds is 2. The molecular formula is C12H13F3OS. The lowest BCUT2D eigenvalue weighted by molar-refractivity contribution is -0.0882. The van der Waals surface area contributed by atoms with Crippen molar-refractivity contribution in [1.29, 1.82) is 0 Å². The smallest absolute Gasteiger partial charge is 0.283 e. The van der Waals surface area contributed by atoms with Crippen LogP contribution in [-0.2, 0) is 0 Å². The molecule has 1 saturated carbocycles. The van der Waals surface area contributed by atoms with Crippen molar-refractivity contribution >= 4 is 17.1 Å². The Balaban J connectivity index is 2.12. The second-order valence-corrected chi connectivity index (χ2v) is 5.48. The van der Waals surface area contributed by atoms with E-state index in [4.69, 9.17) is 0 Å². The Morgan fingerprint density at radius 1 is 1.18 bits per heavy atom. The first-order chi connectivity index (χ1) is 7.98. The number of ketones is 1. The van der Waals surface area contributed by atoms with Crippen LogP contribution in [0.3, 0.4) is 0 Å². The summed E-state index contributed by atoms with van der Waals surface area (Å²) in [6, 6.07) is 2.99. The molecule has 0 atom stereocenters. The fraction of sp³-hybridized carbons (Fsp3) is 0.583. The summed E-state index contributed by atoms with van der Waals surface area (Å²) in [7, 11) is 0. The summed E-state index contributed by atoms with van der Waals surface area (Å²) in [5.74, 6) is -1.37. The van der Waals surface area contributed by atoms with Crippen LogP contribution in [0.4, 0.5) is 13.2 Å². The molecule has 0 unspecified atom stereocenters. The van der Waals surface area contributed by atoms with Crippen LogP contribution in [0.2, 0.25) is 0 Å². The molecule has 1 aromatic rings. The highest BCUT2D eigenvalue weighted by molar-refractivity contribution is 7.14. The number of Topliss-reactive ketones (excluding diaryl/α,β-unsaturated/α-hetero) is 1. The minimum atomic E-state index is -4.76. The van der Waals surface area contributed by atoms with Crippen molar-refractivity contribution in [2.75, 3.05) is 0 Å². The SMILES string of the molecule is O=C(c1ccc(C2CCCCC2)s1)C(F)(F)F. The summed E-state index contributed by atoms with van der Waals surface area (Å²) in [5.41, 5.74) is 0. The Bertz CT molecular complexity index is 402. The van der Waals surface area contributed by atoms with Crippen molar-refractivity contribution in [1.82, 2.24) is 0 Å². The van der Waals surface area contributed by atoms with E-state index in [2.05, 4.69) is 0 Å². The molecule has 1 aliphatic rings. The third-order valence-electron chi connectivity index (χ3n) is 3.12. The van der Waals surface area contributed by atoms with Gasteiger partial charge in [-0.05, 0) is 30.9 Å². The number of halogens is 3. The van der Waals surface area contributed by atoms with Crippen molar-refractivity contribution < 1.29 is 18.0 Å². The molecule has 1 aromatic heterocycles. The molecule has 94 valence electrons. The monoisotopic (exact) mass is 262 g/mol. The zero-order valence-corrected chi connectivity index (χ0v) is 10.0. The second kappa shape index (κ2) is 4.80. The molecule has 0 aliphatic heterocycles. The predicted molar refractivity (Wildman–Crippen MR) is 60.5 cm³/mol. The van der Waals surface area contributed by atoms with Gasteiger partial charge in [0.05, 0.1) is 4.88 Å². The Morgan fingerprint density at radius 3 is 2.41 bits per heavy atom. The minimum Gasteiger partial charge on any atom is -0.283 e. The van der Waals surface area contributed by atoms with E-state index < -0.39 is 12.0 Å². The van der Waals surface area contributed by atoms with Crippen LogP contribution in [0, 0.1) is 0 Å². The van der Waals surface area contributed by atoms with Gasteiger partial charge in [-0.25, -0.2) is 0 Å². The van der Waals surface area contributed by atoms with E-state index in [1.54, 1.807) is 6.07 Å². The molecule has 0 aromatic carbocycles. The number of carbonyl (C=O) groups excluding carboxylic acids is 1. The zero-order valence-electron chi connectivity index (χ0n) is 9.22. The molecule has 0 bridgehead atoms. The van der Waals surface area contributed by atoms with Gasteiger partial charge >= 0.3 is 6.18 Å². The Labute approximate surface area is 102 Å². The molecule has 0 spiro atoms. The second-order valence-electron chi connectivity index (χ2n) is 4.36. The lowest BCUT2D eigenvalue weighted by atomic mass is 9.88. The molecule has 0 amide bonds. The van der Waals surface area contributed by atoms with E-state index in [0.29, 0.717) is 5.92 Å². The quantitative estimate of drug-likeness (QED) is 0.715. The van der Waals surface area contributed by atoms with Crippen LogP contribution in [0.1, 0.15) is 52.6 Å². The largest absolute Gasteiger partial charge is 0.455 e. The first-order valence-electron chi connectivity index (χ1n) is 5.70. The highest BCUT2D eigenvalue weighted by atomic mass is 32.1. The fourth-order valence-corrected chi connectivity index (χ4v) is 3.36. The molecule has 0 saturated heterocycles. The summed E-state index contributed by atoms with van der Waals surface area (Å²) in [4.78, 5) is 11.8. The lowest BCUT2D eigenvalue weighted by Crippen LogP contribution is -2.21. The van der Waals surface area contributed by atoms with Crippen LogP contribution in [0.25, 0.3) is 0 Å². The van der Waals surface area contributed by atoms with Crippen molar-refractivity contribution in [3.63, 3.8) is 0 Å². The van der Waals surface area contributed by atoms with Crippen LogP contribution >= 0.6 is 11.3 Å². The summed E-state index contributed by atoms with van der Waals surface area (Å²) >= 11 is 1.00. The van der Waals surface area contributed by atoms with Gasteiger partial charge in [-0.15, -0.1) is 11.3 Å². The average molecular weight is 262 g/mol. The molecule has 1 aliphatic carbocycles.